The Labute approximate surface area is 375 Å². The minimum absolute atomic E-state index is 0.0120. The smallest absolute Gasteiger partial charge is 0.252 e. The van der Waals surface area contributed by atoms with Crippen LogP contribution >= 0.6 is 0 Å². The number of anilines is 8. The van der Waals surface area contributed by atoms with Gasteiger partial charge in [-0.1, -0.05) is 162 Å². The lowest BCUT2D eigenvalue weighted by atomic mass is 9.33. The lowest BCUT2D eigenvalue weighted by molar-refractivity contribution is 0.195. The minimum atomic E-state index is -1.52. The van der Waals surface area contributed by atoms with Crippen molar-refractivity contribution in [3.63, 3.8) is 0 Å². The lowest BCUT2D eigenvalue weighted by Gasteiger charge is -2.53. The summed E-state index contributed by atoms with van der Waals surface area (Å²) in [5.41, 5.74) is 20.1. The number of fused-ring (bicyclic) bond motifs is 7. The van der Waals surface area contributed by atoms with E-state index in [0.29, 0.717) is 0 Å². The summed E-state index contributed by atoms with van der Waals surface area (Å²) < 4.78 is 0. The Morgan fingerprint density at radius 3 is 1.73 bits per heavy atom. The fourth-order valence-electron chi connectivity index (χ4n) is 11.7. The van der Waals surface area contributed by atoms with Crippen LogP contribution < -0.4 is 41.5 Å². The summed E-state index contributed by atoms with van der Waals surface area (Å²) in [6.45, 7) is 31.7. The Balaban J connectivity index is 1.33. The van der Waals surface area contributed by atoms with Gasteiger partial charge in [0.1, 0.15) is 0 Å². The molecule has 1 aliphatic carbocycles. The molecule has 4 aliphatic rings. The Morgan fingerprint density at radius 2 is 1.15 bits per heavy atom. The fraction of sp³-hybridized carbons (Fsp3) is 0.357. The van der Waals surface area contributed by atoms with Crippen LogP contribution in [0.1, 0.15) is 82.6 Å². The highest BCUT2D eigenvalue weighted by Crippen LogP contribution is 2.62. The van der Waals surface area contributed by atoms with E-state index in [1.54, 1.807) is 5.56 Å². The highest BCUT2D eigenvalue weighted by atomic mass is 28.3. The van der Waals surface area contributed by atoms with E-state index < -0.39 is 16.1 Å². The van der Waals surface area contributed by atoms with E-state index in [1.807, 2.05) is 0 Å². The molecule has 62 heavy (non-hydrogen) atoms. The Morgan fingerprint density at radius 1 is 0.581 bits per heavy atom. The van der Waals surface area contributed by atoms with Crippen LogP contribution in [0.25, 0.3) is 0 Å². The van der Waals surface area contributed by atoms with Gasteiger partial charge in [0.25, 0.3) is 6.71 Å². The summed E-state index contributed by atoms with van der Waals surface area (Å²) in [6.07, 6.45) is 4.90. The van der Waals surface area contributed by atoms with Gasteiger partial charge in [0.05, 0.1) is 27.4 Å². The molecule has 3 nitrogen and oxygen atoms in total. The fourth-order valence-corrected chi connectivity index (χ4v) is 14.0. The third-order valence-electron chi connectivity index (χ3n) is 15.6. The maximum atomic E-state index is 2.90. The van der Waals surface area contributed by atoms with Crippen LogP contribution in [0.5, 0.6) is 0 Å². The van der Waals surface area contributed by atoms with Gasteiger partial charge in [0.2, 0.25) is 0 Å². The Bertz CT molecular complexity index is 2700. The van der Waals surface area contributed by atoms with Crippen molar-refractivity contribution in [2.24, 2.45) is 0 Å². The Kier molecular flexibility index (Phi) is 9.22. The number of hydrogen-bond acceptors (Lipinski definition) is 3. The molecule has 10 rings (SSSR count). The third kappa shape index (κ3) is 6.17. The van der Waals surface area contributed by atoms with Crippen LogP contribution in [0.2, 0.25) is 39.3 Å². The maximum Gasteiger partial charge on any atom is 0.252 e. The van der Waals surface area contributed by atoms with Gasteiger partial charge in [-0.2, -0.15) is 0 Å². The van der Waals surface area contributed by atoms with Crippen LogP contribution in [-0.2, 0) is 10.8 Å². The van der Waals surface area contributed by atoms with Crippen molar-refractivity contribution in [3.8, 4) is 0 Å². The number of aryl methyl sites for hydroxylation is 2. The molecule has 6 aromatic rings. The molecule has 0 spiro atoms. The molecule has 1 saturated carbocycles. The van der Waals surface area contributed by atoms with Crippen LogP contribution in [0.4, 0.5) is 45.5 Å². The molecule has 0 radical (unpaired) electrons. The molecule has 0 saturated heterocycles. The molecule has 0 N–H and O–H groups in total. The number of hydrogen-bond donors (Lipinski definition) is 0. The second kappa shape index (κ2) is 13.9. The van der Waals surface area contributed by atoms with Gasteiger partial charge in [0, 0.05) is 45.2 Å². The molecule has 2 atom stereocenters. The van der Waals surface area contributed by atoms with Crippen molar-refractivity contribution in [2.75, 3.05) is 14.7 Å². The third-order valence-corrected chi connectivity index (χ3v) is 19.7. The van der Waals surface area contributed by atoms with Crippen LogP contribution in [0.15, 0.2) is 115 Å². The van der Waals surface area contributed by atoms with E-state index in [1.165, 1.54) is 115 Å². The SMILES string of the molecule is Cc1ccc(N2c3ccc(C)cc3B3c4cc(C(C)(C)C)cc5c4N(c4cc(N(c6ccc([Si](C)(C)C)cc6)c6ccc([Si](C)(C)C)cc6)cc2c43)C2(C)CCCCC52C)cc1. The Hall–Kier alpha value is -4.78. The zero-order valence-electron chi connectivity index (χ0n) is 39.7. The van der Waals surface area contributed by atoms with Gasteiger partial charge >= 0.3 is 0 Å². The van der Waals surface area contributed by atoms with Crippen molar-refractivity contribution in [3.05, 3.63) is 138 Å². The second-order valence-electron chi connectivity index (χ2n) is 22.9. The molecule has 0 amide bonds. The van der Waals surface area contributed by atoms with Crippen LogP contribution in [0.3, 0.4) is 0 Å². The monoisotopic (exact) mass is 847 g/mol. The van der Waals surface area contributed by atoms with E-state index in [9.17, 15) is 0 Å². The first-order chi connectivity index (χ1) is 29.2. The summed E-state index contributed by atoms with van der Waals surface area (Å²) in [7, 11) is -3.04. The lowest BCUT2D eigenvalue weighted by Crippen LogP contribution is -2.64. The molecule has 1 fully saturated rings. The molecule has 316 valence electrons. The molecule has 6 aromatic carbocycles. The molecule has 3 aliphatic heterocycles. The average Bonchev–Trinajstić information content (AvgIpc) is 3.43. The first-order valence-corrected chi connectivity index (χ1v) is 30.3. The minimum Gasteiger partial charge on any atom is -0.335 e. The molecule has 0 aromatic heterocycles. The summed E-state index contributed by atoms with van der Waals surface area (Å²) >= 11 is 0. The van der Waals surface area contributed by atoms with E-state index in [-0.39, 0.29) is 23.1 Å². The largest absolute Gasteiger partial charge is 0.335 e. The van der Waals surface area contributed by atoms with E-state index in [0.717, 1.165) is 0 Å². The van der Waals surface area contributed by atoms with Crippen LogP contribution in [-0.4, -0.2) is 28.4 Å². The van der Waals surface area contributed by atoms with Gasteiger partial charge in [-0.3, -0.25) is 0 Å². The van der Waals surface area contributed by atoms with E-state index >= 15 is 0 Å². The van der Waals surface area contributed by atoms with Gasteiger partial charge in [-0.05, 0) is 121 Å². The van der Waals surface area contributed by atoms with Gasteiger partial charge in [-0.25, -0.2) is 0 Å². The predicted molar refractivity (Wildman–Crippen MR) is 277 cm³/mol. The first-order valence-electron chi connectivity index (χ1n) is 23.3. The molecular formula is C56H66BN3Si2. The summed E-state index contributed by atoms with van der Waals surface area (Å²) in [5.74, 6) is 0. The molecule has 2 unspecified atom stereocenters. The van der Waals surface area contributed by atoms with E-state index in [2.05, 4.69) is 218 Å². The average molecular weight is 848 g/mol. The molecule has 3 heterocycles. The second-order valence-corrected chi connectivity index (χ2v) is 33.0. The highest BCUT2D eigenvalue weighted by molar-refractivity contribution is 7.00. The van der Waals surface area contributed by atoms with Crippen molar-refractivity contribution in [2.45, 2.75) is 130 Å². The maximum absolute atomic E-state index is 2.90. The zero-order valence-corrected chi connectivity index (χ0v) is 41.7. The van der Waals surface area contributed by atoms with Gasteiger partial charge in [0.15, 0.2) is 0 Å². The molecular weight excluding hydrogens is 782 g/mol. The predicted octanol–water partition coefficient (Wildman–Crippen LogP) is 12.5. The first kappa shape index (κ1) is 41.2. The van der Waals surface area contributed by atoms with Crippen LogP contribution in [0, 0.1) is 13.8 Å². The highest BCUT2D eigenvalue weighted by Gasteiger charge is 2.61. The number of nitrogens with zero attached hydrogens (tertiary/aromatic N) is 3. The summed E-state index contributed by atoms with van der Waals surface area (Å²) in [5, 5.41) is 2.97. The van der Waals surface area contributed by atoms with Crippen molar-refractivity contribution in [1.82, 2.24) is 0 Å². The molecule has 6 heteroatoms. The normalized spacial score (nSPS) is 20.1. The summed E-state index contributed by atoms with van der Waals surface area (Å²) in [4.78, 5) is 8.06. The quantitative estimate of drug-likeness (QED) is 0.154. The van der Waals surface area contributed by atoms with Gasteiger partial charge in [-0.15, -0.1) is 0 Å². The van der Waals surface area contributed by atoms with Gasteiger partial charge < -0.3 is 14.7 Å². The van der Waals surface area contributed by atoms with Crippen molar-refractivity contribution < 1.29 is 0 Å². The number of rotatable bonds is 6. The summed E-state index contributed by atoms with van der Waals surface area (Å²) in [6, 6.07) is 46.1. The number of benzene rings is 6. The van der Waals surface area contributed by atoms with Crippen molar-refractivity contribution in [1.29, 1.82) is 0 Å². The topological polar surface area (TPSA) is 9.72 Å². The van der Waals surface area contributed by atoms with Crippen molar-refractivity contribution >= 4 is 95.1 Å². The van der Waals surface area contributed by atoms with E-state index in [4.69, 9.17) is 0 Å². The zero-order chi connectivity index (χ0) is 43.9. The standard InChI is InChI=1S/C56H66BN3Si2/c1-37-16-19-42(20-17-37)59-49-29-18-38(2)32-47(49)57-48-34-39(54(3,4)5)33-46-53(48)60(56(7)31-15-14-30-55(46,56)6)51-36-43(35-50(59)52(51)57)58(40-21-25-44(26-22-40)61(8,9)10)41-23-27-45(28-24-41)62(11,12)13/h16-29,32-36H,14-15,30-31H2,1-13H3. The molecule has 0 bridgehead atoms.